The van der Waals surface area contributed by atoms with E-state index >= 15 is 0 Å². The minimum Gasteiger partial charge on any atom is -0.289 e. The predicted molar refractivity (Wildman–Crippen MR) is 103 cm³/mol. The number of hydrogen-bond donors (Lipinski definition) is 0. The third-order valence-corrected chi connectivity index (χ3v) is 3.62. The Kier molecular flexibility index (Phi) is 6.31. The molecule has 0 aliphatic carbocycles. The second-order valence-corrected chi connectivity index (χ2v) is 5.47. The first-order valence-electron chi connectivity index (χ1n) is 7.80. The smallest absolute Gasteiger partial charge is 0.0567 e. The molecule has 0 spiro atoms. The molecule has 0 unspecified atom stereocenters. The van der Waals surface area contributed by atoms with Crippen molar-refractivity contribution in [1.82, 2.24) is 0 Å². The molecule has 0 aromatic heterocycles. The molecule has 23 heavy (non-hydrogen) atoms. The average Bonchev–Trinajstić information content (AvgIpc) is 2.59. The third kappa shape index (κ3) is 5.55. The fourth-order valence-electron chi connectivity index (χ4n) is 2.18. The quantitative estimate of drug-likeness (QED) is 0.603. The van der Waals surface area contributed by atoms with Crippen molar-refractivity contribution in [3.63, 3.8) is 0 Å². The summed E-state index contributed by atoms with van der Waals surface area (Å²) >= 11 is 0. The Morgan fingerprint density at radius 3 is 2.35 bits per heavy atom. The molecule has 116 valence electrons. The van der Waals surface area contributed by atoms with Gasteiger partial charge in [0, 0.05) is 7.05 Å². The number of allylic oxidation sites excluding steroid dienone is 4. The van der Waals surface area contributed by atoms with Crippen molar-refractivity contribution in [3.05, 3.63) is 96.1 Å². The van der Waals surface area contributed by atoms with Crippen LogP contribution >= 0.6 is 0 Å². The second-order valence-electron chi connectivity index (χ2n) is 5.47. The average molecular weight is 301 g/mol. The summed E-state index contributed by atoms with van der Waals surface area (Å²) in [5, 5.41) is 0. The molecule has 1 heteroatoms. The number of hydrogen-bond acceptors (Lipinski definition) is 1. The van der Waals surface area contributed by atoms with Crippen molar-refractivity contribution < 1.29 is 0 Å². The van der Waals surface area contributed by atoms with Crippen LogP contribution < -0.4 is 0 Å². The Labute approximate surface area is 139 Å². The van der Waals surface area contributed by atoms with Crippen LogP contribution in [0.5, 0.6) is 0 Å². The lowest BCUT2D eigenvalue weighted by atomic mass is 10.0. The molecule has 0 saturated carbocycles. The molecule has 0 saturated heterocycles. The van der Waals surface area contributed by atoms with Gasteiger partial charge in [0.15, 0.2) is 0 Å². The molecule has 0 heterocycles. The van der Waals surface area contributed by atoms with Crippen molar-refractivity contribution >= 4 is 17.4 Å². The first-order chi connectivity index (χ1) is 11.2. The molecule has 0 N–H and O–H groups in total. The van der Waals surface area contributed by atoms with Crippen LogP contribution in [-0.4, -0.2) is 12.8 Å². The van der Waals surface area contributed by atoms with E-state index in [0.717, 1.165) is 17.7 Å². The molecule has 0 aliphatic heterocycles. The summed E-state index contributed by atoms with van der Waals surface area (Å²) in [4.78, 5) is 4.30. The van der Waals surface area contributed by atoms with Gasteiger partial charge in [-0.25, -0.2) is 0 Å². The molecule has 1 nitrogen and oxygen atoms in total. The summed E-state index contributed by atoms with van der Waals surface area (Å²) in [7, 11) is 1.81. The summed E-state index contributed by atoms with van der Waals surface area (Å²) < 4.78 is 0. The van der Waals surface area contributed by atoms with E-state index in [4.69, 9.17) is 0 Å². The Morgan fingerprint density at radius 1 is 1.00 bits per heavy atom. The van der Waals surface area contributed by atoms with E-state index in [0.29, 0.717) is 0 Å². The first kappa shape index (κ1) is 16.7. The largest absolute Gasteiger partial charge is 0.289 e. The van der Waals surface area contributed by atoms with Crippen LogP contribution in [0.2, 0.25) is 0 Å². The highest BCUT2D eigenvalue weighted by Gasteiger charge is 1.96. The molecule has 0 fully saturated rings. The Bertz CT molecular complexity index is 716. The van der Waals surface area contributed by atoms with Gasteiger partial charge in [0.2, 0.25) is 0 Å². The molecule has 0 atom stereocenters. The van der Waals surface area contributed by atoms with Crippen LogP contribution in [0.15, 0.2) is 84.4 Å². The highest BCUT2D eigenvalue weighted by molar-refractivity contribution is 6.06. The van der Waals surface area contributed by atoms with Crippen molar-refractivity contribution in [2.75, 3.05) is 7.05 Å². The van der Waals surface area contributed by atoms with Gasteiger partial charge in [0.25, 0.3) is 0 Å². The van der Waals surface area contributed by atoms with Gasteiger partial charge in [0.1, 0.15) is 0 Å². The summed E-state index contributed by atoms with van der Waals surface area (Å²) in [6, 6.07) is 18.7. The molecular formula is C22H23N. The molecule has 0 radical (unpaired) electrons. The van der Waals surface area contributed by atoms with Crippen molar-refractivity contribution in [3.8, 4) is 0 Å². The molecule has 0 aliphatic rings. The maximum absolute atomic E-state index is 4.30. The predicted octanol–water partition coefficient (Wildman–Crippen LogP) is 5.74. The van der Waals surface area contributed by atoms with E-state index in [1.165, 1.54) is 16.7 Å². The van der Waals surface area contributed by atoms with Gasteiger partial charge in [0.05, 0.1) is 5.71 Å². The lowest BCUT2D eigenvalue weighted by molar-refractivity contribution is 1.38. The standard InChI is InChI=1S/C22H23N/c1-18-12-15-21(16-13-18)19(2)8-7-11-22(23-3)17-14-20-9-5-4-6-10-20/h4-7,9-17H,2,8H2,1,3H3/b11-7-,17-14+,23-22?. The SMILES string of the molecule is C=C(C/C=C\C(/C=C/c1ccccc1)=NC)c1ccc(C)cc1. The highest BCUT2D eigenvalue weighted by Crippen LogP contribution is 2.17. The van der Waals surface area contributed by atoms with Crippen LogP contribution in [0.1, 0.15) is 23.1 Å². The summed E-state index contributed by atoms with van der Waals surface area (Å²) in [6.07, 6.45) is 9.07. The molecule has 0 amide bonds. The van der Waals surface area contributed by atoms with Crippen molar-refractivity contribution in [2.45, 2.75) is 13.3 Å². The Hall–Kier alpha value is -2.67. The Morgan fingerprint density at radius 2 is 1.70 bits per heavy atom. The Balaban J connectivity index is 1.94. The van der Waals surface area contributed by atoms with Crippen LogP contribution in [-0.2, 0) is 0 Å². The summed E-state index contributed by atoms with van der Waals surface area (Å²) in [6.45, 7) is 6.25. The second kappa shape index (κ2) is 8.70. The number of rotatable bonds is 6. The highest BCUT2D eigenvalue weighted by atomic mass is 14.7. The topological polar surface area (TPSA) is 12.4 Å². The van der Waals surface area contributed by atoms with Gasteiger partial charge in [-0.2, -0.15) is 0 Å². The molecule has 2 aromatic carbocycles. The number of aliphatic imine (C=N–C) groups is 1. The summed E-state index contributed by atoms with van der Waals surface area (Å²) in [5.74, 6) is 0. The molecular weight excluding hydrogens is 278 g/mol. The zero-order valence-corrected chi connectivity index (χ0v) is 13.9. The van der Waals surface area contributed by atoms with Gasteiger partial charge in [-0.1, -0.05) is 78.9 Å². The summed E-state index contributed by atoms with van der Waals surface area (Å²) in [5.41, 5.74) is 5.69. The van der Waals surface area contributed by atoms with Crippen LogP contribution in [0, 0.1) is 6.92 Å². The molecule has 2 rings (SSSR count). The van der Waals surface area contributed by atoms with E-state index in [1.807, 2.05) is 37.4 Å². The van der Waals surface area contributed by atoms with E-state index in [9.17, 15) is 0 Å². The fourth-order valence-corrected chi connectivity index (χ4v) is 2.18. The van der Waals surface area contributed by atoms with E-state index < -0.39 is 0 Å². The molecule has 0 bridgehead atoms. The van der Waals surface area contributed by atoms with E-state index in [-0.39, 0.29) is 0 Å². The van der Waals surface area contributed by atoms with Gasteiger partial charge in [-0.15, -0.1) is 0 Å². The lowest BCUT2D eigenvalue weighted by Crippen LogP contribution is -1.88. The van der Waals surface area contributed by atoms with Crippen molar-refractivity contribution in [1.29, 1.82) is 0 Å². The van der Waals surface area contributed by atoms with Gasteiger partial charge < -0.3 is 0 Å². The van der Waals surface area contributed by atoms with Gasteiger partial charge in [-0.3, -0.25) is 4.99 Å². The van der Waals surface area contributed by atoms with E-state index in [1.54, 1.807) is 0 Å². The number of benzene rings is 2. The van der Waals surface area contributed by atoms with E-state index in [2.05, 4.69) is 67.0 Å². The number of nitrogens with zero attached hydrogens (tertiary/aromatic N) is 1. The maximum atomic E-state index is 4.30. The van der Waals surface area contributed by atoms with Crippen molar-refractivity contribution in [2.24, 2.45) is 4.99 Å². The van der Waals surface area contributed by atoms with Gasteiger partial charge in [-0.05, 0) is 42.2 Å². The number of aryl methyl sites for hydroxylation is 1. The van der Waals surface area contributed by atoms with Crippen LogP contribution in [0.3, 0.4) is 0 Å². The van der Waals surface area contributed by atoms with Crippen LogP contribution in [0.4, 0.5) is 0 Å². The molecule has 2 aromatic rings. The monoisotopic (exact) mass is 301 g/mol. The fraction of sp³-hybridized carbons (Fsp3) is 0.136. The lowest BCUT2D eigenvalue weighted by Gasteiger charge is -2.03. The minimum atomic E-state index is 0.821. The minimum absolute atomic E-state index is 0.821. The van der Waals surface area contributed by atoms with Crippen LogP contribution in [0.25, 0.3) is 11.6 Å². The maximum Gasteiger partial charge on any atom is 0.0567 e. The zero-order valence-electron chi connectivity index (χ0n) is 13.9. The normalized spacial score (nSPS) is 12.2. The zero-order chi connectivity index (χ0) is 16.5. The third-order valence-electron chi connectivity index (χ3n) is 3.62. The first-order valence-corrected chi connectivity index (χ1v) is 7.80. The van der Waals surface area contributed by atoms with Gasteiger partial charge >= 0.3 is 0 Å².